The average Bonchev–Trinajstić information content (AvgIpc) is 3.78. The standard InChI is InChI=1S/C48H36N4O2/c1-2-35(43-38-18-10-17-36(44(38)54-45(43)49)32-25-22-31(23-26-32)29-12-4-3-5-13-29)47-50-46(34-27-24-30-14-6-7-15-33(30)28-34)51-48(52-47)39-19-11-21-41-42(39)37-16-8-9-20-40(37)53-41/h2-28,46,48,51H,49H2,1H3,(H,50,52)/b35-2+. The Bertz CT molecular complexity index is 2920. The van der Waals surface area contributed by atoms with Crippen LogP contribution in [0.3, 0.4) is 0 Å². The summed E-state index contributed by atoms with van der Waals surface area (Å²) >= 11 is 0. The first-order chi connectivity index (χ1) is 26.6. The third kappa shape index (κ3) is 5.35. The molecule has 0 amide bonds. The lowest BCUT2D eigenvalue weighted by Gasteiger charge is -2.33. The molecule has 0 saturated heterocycles. The predicted octanol–water partition coefficient (Wildman–Crippen LogP) is 11.8. The smallest absolute Gasteiger partial charge is 0.199 e. The molecule has 1 aliphatic heterocycles. The van der Waals surface area contributed by atoms with Crippen LogP contribution in [0.25, 0.3) is 71.5 Å². The van der Waals surface area contributed by atoms with Crippen LogP contribution in [-0.2, 0) is 0 Å². The van der Waals surface area contributed by atoms with E-state index < -0.39 is 0 Å². The third-order valence-corrected chi connectivity index (χ3v) is 10.6. The minimum absolute atomic E-state index is 0.313. The Kier molecular flexibility index (Phi) is 7.63. The van der Waals surface area contributed by atoms with Gasteiger partial charge >= 0.3 is 0 Å². The van der Waals surface area contributed by atoms with Crippen LogP contribution in [0.4, 0.5) is 5.88 Å². The zero-order chi connectivity index (χ0) is 36.2. The highest BCUT2D eigenvalue weighted by Gasteiger charge is 2.31. The summed E-state index contributed by atoms with van der Waals surface area (Å²) in [5, 5.41) is 13.0. The van der Waals surface area contributed by atoms with Crippen molar-refractivity contribution in [3.8, 4) is 22.3 Å². The molecule has 2 unspecified atom stereocenters. The van der Waals surface area contributed by atoms with Gasteiger partial charge in [0.1, 0.15) is 34.9 Å². The number of nitrogens with two attached hydrogens (primary N) is 1. The van der Waals surface area contributed by atoms with Crippen LogP contribution in [0.15, 0.2) is 178 Å². The highest BCUT2D eigenvalue weighted by Crippen LogP contribution is 2.42. The Balaban J connectivity index is 1.09. The molecule has 54 heavy (non-hydrogen) atoms. The average molecular weight is 701 g/mol. The number of hydrogen-bond acceptors (Lipinski definition) is 6. The molecule has 6 nitrogen and oxygen atoms in total. The second-order valence-electron chi connectivity index (χ2n) is 13.7. The van der Waals surface area contributed by atoms with E-state index in [0.29, 0.717) is 5.88 Å². The molecule has 0 fully saturated rings. The summed E-state index contributed by atoms with van der Waals surface area (Å²) in [5.41, 5.74) is 17.4. The second kappa shape index (κ2) is 13.0. The topological polar surface area (TPSA) is 88.7 Å². The molecule has 10 rings (SSSR count). The Morgan fingerprint density at radius 3 is 2.20 bits per heavy atom. The quantitative estimate of drug-likeness (QED) is 0.161. The second-order valence-corrected chi connectivity index (χ2v) is 13.7. The number of nitrogens with one attached hydrogen (secondary N) is 2. The zero-order valence-electron chi connectivity index (χ0n) is 29.6. The van der Waals surface area contributed by atoms with Crippen molar-refractivity contribution in [2.45, 2.75) is 19.3 Å². The summed E-state index contributed by atoms with van der Waals surface area (Å²) in [7, 11) is 0. The number of furan rings is 2. The molecule has 6 heteroatoms. The van der Waals surface area contributed by atoms with E-state index in [0.717, 1.165) is 83.1 Å². The SMILES string of the molecule is C/C=C(/C1=NC(c2ccc3ccccc3c2)NC(c2cccc3oc4ccccc4c23)N1)c1c(N)oc2c(-c3ccc(-c4ccccc4)cc3)cccc12. The van der Waals surface area contributed by atoms with Crippen LogP contribution in [0.5, 0.6) is 0 Å². The van der Waals surface area contributed by atoms with Crippen LogP contribution in [-0.4, -0.2) is 5.84 Å². The maximum atomic E-state index is 6.84. The molecule has 0 radical (unpaired) electrons. The van der Waals surface area contributed by atoms with E-state index >= 15 is 0 Å². The maximum absolute atomic E-state index is 6.84. The van der Waals surface area contributed by atoms with Gasteiger partial charge in [0.15, 0.2) is 5.88 Å². The Labute approximate surface area is 312 Å². The van der Waals surface area contributed by atoms with Crippen LogP contribution < -0.4 is 16.4 Å². The number of aliphatic imine (C=N–C) groups is 1. The number of benzene rings is 7. The first-order valence-electron chi connectivity index (χ1n) is 18.3. The van der Waals surface area contributed by atoms with E-state index in [4.69, 9.17) is 19.6 Å². The number of anilines is 1. The van der Waals surface area contributed by atoms with E-state index in [1.807, 2.05) is 37.3 Å². The number of para-hydroxylation sites is 2. The summed E-state index contributed by atoms with van der Waals surface area (Å²) < 4.78 is 12.8. The lowest BCUT2D eigenvalue weighted by molar-refractivity contribution is 0.412. The number of allylic oxidation sites excluding steroid dienone is 1. The van der Waals surface area contributed by atoms with Crippen molar-refractivity contribution in [2.24, 2.45) is 4.99 Å². The van der Waals surface area contributed by atoms with Gasteiger partial charge in [-0.1, -0.05) is 146 Å². The molecule has 3 heterocycles. The number of hydrogen-bond donors (Lipinski definition) is 3. The van der Waals surface area contributed by atoms with Gasteiger partial charge in [-0.25, -0.2) is 4.99 Å². The number of amidine groups is 1. The largest absolute Gasteiger partial charge is 0.456 e. The third-order valence-electron chi connectivity index (χ3n) is 10.6. The number of nitrogen functional groups attached to an aromatic ring is 1. The molecule has 0 spiro atoms. The Morgan fingerprint density at radius 2 is 1.35 bits per heavy atom. The number of fused-ring (bicyclic) bond motifs is 5. The fourth-order valence-electron chi connectivity index (χ4n) is 7.96. The summed E-state index contributed by atoms with van der Waals surface area (Å²) in [6, 6.07) is 54.6. The van der Waals surface area contributed by atoms with Crippen molar-refractivity contribution in [1.82, 2.24) is 10.6 Å². The molecule has 0 saturated carbocycles. The van der Waals surface area contributed by atoms with E-state index in [-0.39, 0.29) is 12.3 Å². The minimum atomic E-state index is -0.364. The van der Waals surface area contributed by atoms with Gasteiger partial charge in [0, 0.05) is 32.9 Å². The van der Waals surface area contributed by atoms with Crippen LogP contribution in [0.2, 0.25) is 0 Å². The monoisotopic (exact) mass is 700 g/mol. The lowest BCUT2D eigenvalue weighted by Crippen LogP contribution is -2.45. The normalized spacial score (nSPS) is 16.2. The van der Waals surface area contributed by atoms with Crippen molar-refractivity contribution in [3.05, 3.63) is 180 Å². The van der Waals surface area contributed by atoms with Crippen molar-refractivity contribution in [3.63, 3.8) is 0 Å². The van der Waals surface area contributed by atoms with Gasteiger partial charge in [-0.3, -0.25) is 5.32 Å². The Morgan fingerprint density at radius 1 is 0.648 bits per heavy atom. The predicted molar refractivity (Wildman–Crippen MR) is 222 cm³/mol. The molecular weight excluding hydrogens is 665 g/mol. The van der Waals surface area contributed by atoms with E-state index in [1.54, 1.807) is 0 Å². The molecule has 2 aromatic heterocycles. The van der Waals surface area contributed by atoms with E-state index in [9.17, 15) is 0 Å². The first kappa shape index (κ1) is 31.8. The summed E-state index contributed by atoms with van der Waals surface area (Å²) in [4.78, 5) is 5.36. The molecule has 7 aromatic carbocycles. The van der Waals surface area contributed by atoms with E-state index in [1.165, 1.54) is 10.9 Å². The number of rotatable bonds is 6. The maximum Gasteiger partial charge on any atom is 0.199 e. The summed E-state index contributed by atoms with van der Waals surface area (Å²) in [6.07, 6.45) is 1.39. The molecular formula is C48H36N4O2. The van der Waals surface area contributed by atoms with Crippen LogP contribution in [0, 0.1) is 0 Å². The van der Waals surface area contributed by atoms with Crippen LogP contribution >= 0.6 is 0 Å². The fourth-order valence-corrected chi connectivity index (χ4v) is 7.96. The van der Waals surface area contributed by atoms with Gasteiger partial charge in [0.25, 0.3) is 0 Å². The fraction of sp³-hybridized carbons (Fsp3) is 0.0625. The zero-order valence-corrected chi connectivity index (χ0v) is 29.6. The first-order valence-corrected chi connectivity index (χ1v) is 18.3. The summed E-state index contributed by atoms with van der Waals surface area (Å²) in [6.45, 7) is 2.02. The van der Waals surface area contributed by atoms with Gasteiger partial charge in [0.2, 0.25) is 0 Å². The Hall–Kier alpha value is -6.89. The lowest BCUT2D eigenvalue weighted by atomic mass is 9.96. The molecule has 0 bridgehead atoms. The minimum Gasteiger partial charge on any atom is -0.456 e. The van der Waals surface area contributed by atoms with Gasteiger partial charge < -0.3 is 19.9 Å². The molecule has 260 valence electrons. The van der Waals surface area contributed by atoms with Crippen molar-refractivity contribution in [1.29, 1.82) is 0 Å². The molecule has 9 aromatic rings. The van der Waals surface area contributed by atoms with Gasteiger partial charge in [-0.05, 0) is 58.1 Å². The number of nitrogens with zero attached hydrogens (tertiary/aromatic N) is 1. The molecule has 0 aliphatic carbocycles. The van der Waals surface area contributed by atoms with Crippen molar-refractivity contribution in [2.75, 3.05) is 5.73 Å². The van der Waals surface area contributed by atoms with Crippen molar-refractivity contribution >= 4 is 61.0 Å². The van der Waals surface area contributed by atoms with E-state index in [2.05, 4.69) is 144 Å². The van der Waals surface area contributed by atoms with Gasteiger partial charge in [-0.15, -0.1) is 0 Å². The van der Waals surface area contributed by atoms with Crippen molar-refractivity contribution < 1.29 is 8.83 Å². The molecule has 1 aliphatic rings. The molecule has 4 N–H and O–H groups in total. The highest BCUT2D eigenvalue weighted by atomic mass is 16.3. The van der Waals surface area contributed by atoms with Crippen LogP contribution in [0.1, 0.15) is 35.9 Å². The molecule has 2 atom stereocenters. The highest BCUT2D eigenvalue weighted by molar-refractivity contribution is 6.27. The summed E-state index contributed by atoms with van der Waals surface area (Å²) in [5.74, 6) is 1.06. The van der Waals surface area contributed by atoms with Gasteiger partial charge in [0.05, 0.1) is 5.56 Å². The van der Waals surface area contributed by atoms with Gasteiger partial charge in [-0.2, -0.15) is 0 Å².